The molecule has 2 fully saturated rings. The highest BCUT2D eigenvalue weighted by atomic mass is 16.2. The second-order valence-electron chi connectivity index (χ2n) is 7.76. The molecule has 0 bridgehead atoms. The maximum absolute atomic E-state index is 12.4. The lowest BCUT2D eigenvalue weighted by molar-refractivity contribution is -0.130. The van der Waals surface area contributed by atoms with Crippen molar-refractivity contribution >= 4 is 11.9 Å². The molecule has 1 aromatic rings. The van der Waals surface area contributed by atoms with Gasteiger partial charge in [-0.3, -0.25) is 4.79 Å². The quantitative estimate of drug-likeness (QED) is 0.879. The number of amides is 3. The largest absolute Gasteiger partial charge is 0.341 e. The maximum atomic E-state index is 12.4. The molecule has 5 heteroatoms. The van der Waals surface area contributed by atoms with E-state index in [-0.39, 0.29) is 11.9 Å². The molecule has 1 saturated heterocycles. The standard InChI is InChI=1S/C21H31N3O2/c1-23(15-17-7-3-2-4-8-17)20(25)11-13-22-21(26)24-14-12-18-9-5-6-10-19(18)16-24/h2-4,7-8,18-19H,5-6,9-16H2,1H3,(H,22,26). The highest BCUT2D eigenvalue weighted by molar-refractivity contribution is 5.78. The first kappa shape index (κ1) is 18.7. The van der Waals surface area contributed by atoms with E-state index in [0.717, 1.165) is 31.0 Å². The third kappa shape index (κ3) is 4.99. The number of hydrogen-bond donors (Lipinski definition) is 1. The van der Waals surface area contributed by atoms with Gasteiger partial charge in [0.05, 0.1) is 0 Å². The normalized spacial score (nSPS) is 22.4. The Morgan fingerprint density at radius 1 is 1.12 bits per heavy atom. The molecule has 3 amide bonds. The van der Waals surface area contributed by atoms with Gasteiger partial charge in [-0.25, -0.2) is 4.79 Å². The van der Waals surface area contributed by atoms with Gasteiger partial charge in [0.1, 0.15) is 0 Å². The minimum Gasteiger partial charge on any atom is -0.341 e. The summed E-state index contributed by atoms with van der Waals surface area (Å²) in [5.74, 6) is 1.56. The molecule has 1 aliphatic heterocycles. The van der Waals surface area contributed by atoms with Crippen LogP contribution in [0.5, 0.6) is 0 Å². The van der Waals surface area contributed by atoms with Crippen LogP contribution in [0.1, 0.15) is 44.1 Å². The molecule has 1 aromatic carbocycles. The highest BCUT2D eigenvalue weighted by Gasteiger charge is 2.32. The summed E-state index contributed by atoms with van der Waals surface area (Å²) in [6, 6.07) is 9.94. The molecule has 1 aliphatic carbocycles. The molecule has 2 unspecified atom stereocenters. The summed E-state index contributed by atoms with van der Waals surface area (Å²) in [5.41, 5.74) is 1.11. The van der Waals surface area contributed by atoms with Gasteiger partial charge in [0.15, 0.2) is 0 Å². The first-order valence-electron chi connectivity index (χ1n) is 9.94. The van der Waals surface area contributed by atoms with Gasteiger partial charge in [0.2, 0.25) is 5.91 Å². The molecule has 0 radical (unpaired) electrons. The van der Waals surface area contributed by atoms with Crippen molar-refractivity contribution in [1.82, 2.24) is 15.1 Å². The summed E-state index contributed by atoms with van der Waals surface area (Å²) in [5, 5.41) is 2.94. The van der Waals surface area contributed by atoms with E-state index in [0.29, 0.717) is 25.4 Å². The van der Waals surface area contributed by atoms with E-state index in [9.17, 15) is 9.59 Å². The summed E-state index contributed by atoms with van der Waals surface area (Å²) < 4.78 is 0. The first-order valence-corrected chi connectivity index (χ1v) is 9.94. The van der Waals surface area contributed by atoms with Crippen molar-refractivity contribution in [2.24, 2.45) is 11.8 Å². The van der Waals surface area contributed by atoms with Gasteiger partial charge in [-0.15, -0.1) is 0 Å². The average Bonchev–Trinajstić information content (AvgIpc) is 2.68. The fraction of sp³-hybridized carbons (Fsp3) is 0.619. The number of carbonyl (C=O) groups excluding carboxylic acids is 2. The van der Waals surface area contributed by atoms with Crippen molar-refractivity contribution in [3.63, 3.8) is 0 Å². The summed E-state index contributed by atoms with van der Waals surface area (Å²) in [7, 11) is 1.81. The summed E-state index contributed by atoms with van der Waals surface area (Å²) in [4.78, 5) is 28.3. The monoisotopic (exact) mass is 357 g/mol. The minimum atomic E-state index is -0.00691. The molecular formula is C21H31N3O2. The highest BCUT2D eigenvalue weighted by Crippen LogP contribution is 2.35. The van der Waals surface area contributed by atoms with Crippen LogP contribution in [0.25, 0.3) is 0 Å². The number of nitrogens with one attached hydrogen (secondary N) is 1. The summed E-state index contributed by atoms with van der Waals surface area (Å²) in [6.45, 7) is 2.75. The molecule has 2 aliphatic rings. The lowest BCUT2D eigenvalue weighted by atomic mass is 9.75. The van der Waals surface area contributed by atoms with Crippen LogP contribution in [0, 0.1) is 11.8 Å². The van der Waals surface area contributed by atoms with Crippen LogP contribution >= 0.6 is 0 Å². The van der Waals surface area contributed by atoms with Crippen LogP contribution in [0.3, 0.4) is 0 Å². The molecule has 2 atom stereocenters. The van der Waals surface area contributed by atoms with Gasteiger partial charge in [0.25, 0.3) is 0 Å². The SMILES string of the molecule is CN(Cc1ccccc1)C(=O)CCNC(=O)N1CCC2CCCCC2C1. The van der Waals surface area contributed by atoms with E-state index in [1.165, 1.54) is 25.7 Å². The van der Waals surface area contributed by atoms with Crippen LogP contribution in [0.4, 0.5) is 4.79 Å². The van der Waals surface area contributed by atoms with Gasteiger partial charge >= 0.3 is 6.03 Å². The zero-order valence-electron chi connectivity index (χ0n) is 15.8. The third-order valence-corrected chi connectivity index (χ3v) is 5.88. The smallest absolute Gasteiger partial charge is 0.317 e. The van der Waals surface area contributed by atoms with Crippen LogP contribution in [0.15, 0.2) is 30.3 Å². The van der Waals surface area contributed by atoms with Crippen LogP contribution in [0.2, 0.25) is 0 Å². The van der Waals surface area contributed by atoms with E-state index >= 15 is 0 Å². The number of urea groups is 1. The number of fused-ring (bicyclic) bond motifs is 1. The molecule has 26 heavy (non-hydrogen) atoms. The van der Waals surface area contributed by atoms with E-state index < -0.39 is 0 Å². The van der Waals surface area contributed by atoms with Gasteiger partial charge in [-0.05, 0) is 30.2 Å². The molecule has 0 aromatic heterocycles. The van der Waals surface area contributed by atoms with Crippen LogP contribution < -0.4 is 5.32 Å². The fourth-order valence-corrected chi connectivity index (χ4v) is 4.31. The lowest BCUT2D eigenvalue weighted by Crippen LogP contribution is -2.49. The number of likely N-dealkylation sites (tertiary alicyclic amines) is 1. The first-order chi connectivity index (χ1) is 12.6. The topological polar surface area (TPSA) is 52.7 Å². The van der Waals surface area contributed by atoms with E-state index in [2.05, 4.69) is 5.32 Å². The maximum Gasteiger partial charge on any atom is 0.317 e. The molecular weight excluding hydrogens is 326 g/mol. The fourth-order valence-electron chi connectivity index (χ4n) is 4.31. The molecule has 1 heterocycles. The Hall–Kier alpha value is -2.04. The number of benzene rings is 1. The lowest BCUT2D eigenvalue weighted by Gasteiger charge is -2.41. The van der Waals surface area contributed by atoms with Gasteiger partial charge in [-0.1, -0.05) is 49.6 Å². The number of rotatable bonds is 5. The Morgan fingerprint density at radius 2 is 1.85 bits per heavy atom. The summed E-state index contributed by atoms with van der Waals surface area (Å²) in [6.07, 6.45) is 6.73. The number of piperidine rings is 1. The van der Waals surface area contributed by atoms with Crippen molar-refractivity contribution in [1.29, 1.82) is 0 Å². The van der Waals surface area contributed by atoms with Gasteiger partial charge in [-0.2, -0.15) is 0 Å². The molecule has 142 valence electrons. The van der Waals surface area contributed by atoms with Gasteiger partial charge in [0, 0.05) is 39.6 Å². The van der Waals surface area contributed by atoms with E-state index in [1.807, 2.05) is 42.3 Å². The zero-order valence-corrected chi connectivity index (χ0v) is 15.8. The van der Waals surface area contributed by atoms with E-state index in [1.54, 1.807) is 4.90 Å². The minimum absolute atomic E-state index is 0.00691. The van der Waals surface area contributed by atoms with Crippen molar-refractivity contribution in [3.05, 3.63) is 35.9 Å². The Labute approximate surface area is 156 Å². The second kappa shape index (κ2) is 9.06. The molecule has 3 rings (SSSR count). The predicted octanol–water partition coefficient (Wildman–Crippen LogP) is 3.26. The Bertz CT molecular complexity index is 605. The van der Waals surface area contributed by atoms with Crippen molar-refractivity contribution < 1.29 is 9.59 Å². The average molecular weight is 357 g/mol. The summed E-state index contributed by atoms with van der Waals surface area (Å²) >= 11 is 0. The second-order valence-corrected chi connectivity index (χ2v) is 7.76. The predicted molar refractivity (Wildman–Crippen MR) is 103 cm³/mol. The molecule has 1 saturated carbocycles. The van der Waals surface area contributed by atoms with Crippen molar-refractivity contribution in [2.75, 3.05) is 26.7 Å². The zero-order chi connectivity index (χ0) is 18.4. The van der Waals surface area contributed by atoms with Crippen LogP contribution in [-0.4, -0.2) is 48.4 Å². The van der Waals surface area contributed by atoms with E-state index in [4.69, 9.17) is 0 Å². The van der Waals surface area contributed by atoms with Crippen molar-refractivity contribution in [2.45, 2.75) is 45.1 Å². The Balaban J connectivity index is 1.37. The number of nitrogens with zero attached hydrogens (tertiary/aromatic N) is 2. The molecule has 1 N–H and O–H groups in total. The number of carbonyl (C=O) groups is 2. The Kier molecular flexibility index (Phi) is 6.53. The molecule has 5 nitrogen and oxygen atoms in total. The third-order valence-electron chi connectivity index (χ3n) is 5.88. The van der Waals surface area contributed by atoms with Gasteiger partial charge < -0.3 is 15.1 Å². The number of hydrogen-bond acceptors (Lipinski definition) is 2. The van der Waals surface area contributed by atoms with Crippen molar-refractivity contribution in [3.8, 4) is 0 Å². The van der Waals surface area contributed by atoms with Crippen LogP contribution in [-0.2, 0) is 11.3 Å². The Morgan fingerprint density at radius 3 is 2.62 bits per heavy atom. The molecule has 0 spiro atoms.